The van der Waals surface area contributed by atoms with E-state index in [9.17, 15) is 9.59 Å². The Bertz CT molecular complexity index is 678. The van der Waals surface area contributed by atoms with Crippen molar-refractivity contribution in [2.75, 3.05) is 20.6 Å². The first kappa shape index (κ1) is 15.8. The number of aromatic nitrogens is 1. The van der Waals surface area contributed by atoms with E-state index in [-0.39, 0.29) is 6.40 Å². The normalized spacial score (nSPS) is 12.8. The first-order valence-corrected chi connectivity index (χ1v) is 6.58. The third-order valence-electron chi connectivity index (χ3n) is 2.67. The number of carbonyl (C=O) groups is 2. The van der Waals surface area contributed by atoms with Crippen LogP contribution in [0.25, 0.3) is 10.9 Å². The van der Waals surface area contributed by atoms with Gasteiger partial charge < -0.3 is 20.1 Å². The SMILES string of the molecule is O=C(O)/C=C/C(=O)O.[2H]C(CN(C)C)c1c[nH]c2ccccc12. The summed E-state index contributed by atoms with van der Waals surface area (Å²) < 4.78 is 8.08. The van der Waals surface area contributed by atoms with Gasteiger partial charge in [0, 0.05) is 37.2 Å². The minimum absolute atomic E-state index is 0.184. The van der Waals surface area contributed by atoms with E-state index in [1.54, 1.807) is 0 Å². The summed E-state index contributed by atoms with van der Waals surface area (Å²) in [4.78, 5) is 24.4. The maximum Gasteiger partial charge on any atom is 0.328 e. The molecule has 0 fully saturated rings. The third kappa shape index (κ3) is 6.23. The maximum absolute atomic E-state index is 9.55. The number of aromatic amines is 1. The lowest BCUT2D eigenvalue weighted by Gasteiger charge is -2.07. The van der Waals surface area contributed by atoms with Crippen molar-refractivity contribution in [1.29, 1.82) is 0 Å². The van der Waals surface area contributed by atoms with Gasteiger partial charge in [-0.15, -0.1) is 0 Å². The molecule has 0 aliphatic heterocycles. The second kappa shape index (κ2) is 8.63. The Morgan fingerprint density at radius 3 is 2.36 bits per heavy atom. The van der Waals surface area contributed by atoms with E-state index in [0.717, 1.165) is 17.6 Å². The van der Waals surface area contributed by atoms with Gasteiger partial charge in [-0.25, -0.2) is 9.59 Å². The first-order valence-electron chi connectivity index (χ1n) is 7.16. The molecule has 22 heavy (non-hydrogen) atoms. The highest BCUT2D eigenvalue weighted by Crippen LogP contribution is 2.17. The lowest BCUT2D eigenvalue weighted by atomic mass is 10.1. The molecule has 3 N–H and O–H groups in total. The predicted octanol–water partition coefficient (Wildman–Crippen LogP) is 1.98. The molecule has 1 aromatic heterocycles. The number of likely N-dealkylation sites (N-methyl/N-ethyl adjacent to an activating group) is 1. The van der Waals surface area contributed by atoms with Crippen molar-refractivity contribution in [2.45, 2.75) is 6.40 Å². The van der Waals surface area contributed by atoms with Crippen LogP contribution in [0.1, 0.15) is 6.93 Å². The number of hydrogen-bond donors (Lipinski definition) is 3. The molecule has 0 saturated carbocycles. The molecule has 0 aliphatic carbocycles. The summed E-state index contributed by atoms with van der Waals surface area (Å²) in [5.41, 5.74) is 2.20. The first-order chi connectivity index (χ1) is 10.8. The molecule has 0 bridgehead atoms. The highest BCUT2D eigenvalue weighted by molar-refractivity contribution is 5.89. The van der Waals surface area contributed by atoms with E-state index in [2.05, 4.69) is 11.1 Å². The Labute approximate surface area is 130 Å². The second-order valence-electron chi connectivity index (χ2n) is 4.77. The molecular weight excluding hydrogens is 284 g/mol. The number of carboxylic acid groups (broad SMARTS) is 2. The highest BCUT2D eigenvalue weighted by Gasteiger charge is 2.02. The van der Waals surface area contributed by atoms with Gasteiger partial charge in [0.1, 0.15) is 0 Å². The van der Waals surface area contributed by atoms with E-state index in [0.29, 0.717) is 12.2 Å². The van der Waals surface area contributed by atoms with Crippen molar-refractivity contribution < 1.29 is 21.2 Å². The number of hydrogen-bond acceptors (Lipinski definition) is 3. The zero-order chi connectivity index (χ0) is 17.4. The smallest absolute Gasteiger partial charge is 0.328 e. The second-order valence-corrected chi connectivity index (χ2v) is 4.77. The van der Waals surface area contributed by atoms with Crippen molar-refractivity contribution >= 4 is 22.8 Å². The monoisotopic (exact) mass is 305 g/mol. The predicted molar refractivity (Wildman–Crippen MR) is 85.0 cm³/mol. The van der Waals surface area contributed by atoms with Crippen LogP contribution in [0.2, 0.25) is 0 Å². The summed E-state index contributed by atoms with van der Waals surface area (Å²) in [6.45, 7) is 0.752. The average molecular weight is 305 g/mol. The minimum atomic E-state index is -1.26. The number of benzene rings is 1. The molecule has 1 heterocycles. The van der Waals surface area contributed by atoms with Crippen molar-refractivity contribution in [2.24, 2.45) is 0 Å². The van der Waals surface area contributed by atoms with Crippen LogP contribution in [0.15, 0.2) is 42.6 Å². The number of fused-ring (bicyclic) bond motifs is 1. The summed E-state index contributed by atoms with van der Waals surface area (Å²) >= 11 is 0. The molecule has 2 aromatic rings. The van der Waals surface area contributed by atoms with Gasteiger partial charge in [-0.05, 0) is 32.1 Å². The topological polar surface area (TPSA) is 93.6 Å². The maximum atomic E-state index is 9.55. The molecule has 0 spiro atoms. The van der Waals surface area contributed by atoms with Crippen LogP contribution < -0.4 is 0 Å². The zero-order valence-corrected chi connectivity index (χ0v) is 12.5. The zero-order valence-electron chi connectivity index (χ0n) is 13.5. The summed E-state index contributed by atoms with van der Waals surface area (Å²) in [6.07, 6.45) is 2.88. The molecule has 0 radical (unpaired) electrons. The van der Waals surface area contributed by atoms with Crippen molar-refractivity contribution in [1.82, 2.24) is 9.88 Å². The highest BCUT2D eigenvalue weighted by atomic mass is 16.4. The number of para-hydroxylation sites is 1. The standard InChI is InChI=1S/C12H16N2.C4H4O4/c1-14(2)8-7-10-9-13-12-6-4-3-5-11(10)12;5-3(6)1-2-4(7)8/h3-6,9,13H,7-8H2,1-2H3;1-2H,(H,5,6)(H,7,8)/b;2-1+/i7D;. The van der Waals surface area contributed by atoms with Crippen LogP contribution in [0.4, 0.5) is 0 Å². The molecule has 6 heteroatoms. The Balaban J connectivity index is 0.000000284. The fourth-order valence-corrected chi connectivity index (χ4v) is 1.69. The van der Waals surface area contributed by atoms with Gasteiger partial charge in [0.05, 0.1) is 0 Å². The lowest BCUT2D eigenvalue weighted by Crippen LogP contribution is -2.14. The van der Waals surface area contributed by atoms with Gasteiger partial charge in [0.25, 0.3) is 0 Å². The summed E-state index contributed by atoms with van der Waals surface area (Å²) in [6, 6.07) is 8.13. The van der Waals surface area contributed by atoms with Gasteiger partial charge in [0.2, 0.25) is 0 Å². The number of nitrogens with zero attached hydrogens (tertiary/aromatic N) is 1. The molecule has 6 nitrogen and oxygen atoms in total. The molecular formula is C16H20N2O4. The van der Waals surface area contributed by atoms with Crippen LogP contribution in [-0.2, 0) is 16.0 Å². The number of rotatable bonds is 5. The quantitative estimate of drug-likeness (QED) is 0.734. The van der Waals surface area contributed by atoms with Gasteiger partial charge >= 0.3 is 11.9 Å². The Hall–Kier alpha value is -2.60. The Morgan fingerprint density at radius 2 is 1.82 bits per heavy atom. The van der Waals surface area contributed by atoms with Crippen LogP contribution in [0, 0.1) is 0 Å². The molecule has 1 atom stereocenters. The van der Waals surface area contributed by atoms with Gasteiger partial charge in [-0.2, -0.15) is 0 Å². The van der Waals surface area contributed by atoms with Crippen LogP contribution in [0.3, 0.4) is 0 Å². The molecule has 1 aromatic carbocycles. The number of H-pyrrole nitrogens is 1. The molecule has 0 amide bonds. The summed E-state index contributed by atoms with van der Waals surface area (Å²) in [5, 5.41) is 16.8. The Morgan fingerprint density at radius 1 is 1.23 bits per heavy atom. The van der Waals surface area contributed by atoms with Crippen LogP contribution in [-0.4, -0.2) is 52.7 Å². The fourth-order valence-electron chi connectivity index (χ4n) is 1.69. The molecule has 118 valence electrons. The van der Waals surface area contributed by atoms with Crippen LogP contribution in [0.5, 0.6) is 0 Å². The molecule has 0 aliphatic rings. The van der Waals surface area contributed by atoms with Crippen molar-refractivity contribution in [3.8, 4) is 0 Å². The summed E-state index contributed by atoms with van der Waals surface area (Å²) in [7, 11) is 3.99. The van der Waals surface area contributed by atoms with E-state index in [1.807, 2.05) is 43.4 Å². The molecule has 1 unspecified atom stereocenters. The van der Waals surface area contributed by atoms with E-state index in [4.69, 9.17) is 11.6 Å². The summed E-state index contributed by atoms with van der Waals surface area (Å²) in [5.74, 6) is -2.51. The fraction of sp³-hybridized carbons (Fsp3) is 0.250. The number of nitrogens with one attached hydrogen (secondary N) is 1. The third-order valence-corrected chi connectivity index (χ3v) is 2.67. The van der Waals surface area contributed by atoms with Crippen LogP contribution >= 0.6 is 0 Å². The molecule has 2 rings (SSSR count). The van der Waals surface area contributed by atoms with E-state index >= 15 is 0 Å². The molecule has 0 saturated heterocycles. The minimum Gasteiger partial charge on any atom is -0.478 e. The number of carboxylic acids is 2. The van der Waals surface area contributed by atoms with Crippen molar-refractivity contribution in [3.63, 3.8) is 0 Å². The van der Waals surface area contributed by atoms with Gasteiger partial charge in [0.15, 0.2) is 0 Å². The Kier molecular flexibility index (Phi) is 6.19. The van der Waals surface area contributed by atoms with Crippen molar-refractivity contribution in [3.05, 3.63) is 48.2 Å². The van der Waals surface area contributed by atoms with Gasteiger partial charge in [-0.1, -0.05) is 18.2 Å². The lowest BCUT2D eigenvalue weighted by molar-refractivity contribution is -0.134. The van der Waals surface area contributed by atoms with E-state index < -0.39 is 11.9 Å². The largest absolute Gasteiger partial charge is 0.478 e. The van der Waals surface area contributed by atoms with Gasteiger partial charge in [-0.3, -0.25) is 0 Å². The average Bonchev–Trinajstić information content (AvgIpc) is 2.89. The van der Waals surface area contributed by atoms with E-state index in [1.165, 1.54) is 5.39 Å². The number of aliphatic carboxylic acids is 2.